The predicted octanol–water partition coefficient (Wildman–Crippen LogP) is 27.0. The highest BCUT2D eigenvalue weighted by Crippen LogP contribution is 2.53. The molecule has 0 saturated carbocycles. The van der Waals surface area contributed by atoms with Gasteiger partial charge in [-0.05, 0) is 180 Å². The van der Waals surface area contributed by atoms with Gasteiger partial charge in [0.15, 0.2) is 0 Å². The van der Waals surface area contributed by atoms with Crippen LogP contribution in [0.2, 0.25) is 0 Å². The van der Waals surface area contributed by atoms with E-state index >= 15 is 0 Å². The lowest BCUT2D eigenvalue weighted by Gasteiger charge is -2.24. The Hall–Kier alpha value is -12.9. The first kappa shape index (κ1) is 60.1. The van der Waals surface area contributed by atoms with Crippen LogP contribution in [0, 0.1) is 0 Å². The number of nitrogens with zero attached hydrogens (tertiary/aromatic N) is 2. The Kier molecular flexibility index (Phi) is 14.0. The van der Waals surface area contributed by atoms with Gasteiger partial charge in [-0.2, -0.15) is 0 Å². The van der Waals surface area contributed by atoms with Crippen LogP contribution in [-0.2, 0) is 5.41 Å². The van der Waals surface area contributed by atoms with Gasteiger partial charge < -0.3 is 13.7 Å². The summed E-state index contributed by atoms with van der Waals surface area (Å²) in [5.41, 5.74) is 24.5. The zero-order chi connectivity index (χ0) is 68.4. The summed E-state index contributed by atoms with van der Waals surface area (Å²) in [5, 5.41) is 16.0. The Bertz CT molecular complexity index is 6620. The van der Waals surface area contributed by atoms with Crippen molar-refractivity contribution in [2.24, 2.45) is 0 Å². The number of fused-ring (bicyclic) bond motifs is 5. The number of anilines is 1. The van der Waals surface area contributed by atoms with Crippen molar-refractivity contribution in [3.8, 4) is 66.9 Å². The Morgan fingerprint density at radius 2 is 0.932 bits per heavy atom. The molecule has 0 amide bonds. The molecule has 1 atom stereocenters. The molecule has 0 bridgehead atoms. The fourth-order valence-electron chi connectivity index (χ4n) is 16.8. The highest BCUT2D eigenvalue weighted by molar-refractivity contribution is 6.38. The maximum Gasteiger partial charge on any atom is 0.143 e. The van der Waals surface area contributed by atoms with Crippen molar-refractivity contribution in [3.05, 3.63) is 368 Å². The molecule has 19 aromatic rings. The Labute approximate surface area is 597 Å². The van der Waals surface area contributed by atoms with Gasteiger partial charge in [0, 0.05) is 80.4 Å². The molecule has 1 aliphatic heterocycles. The topological polar surface area (TPSA) is 42.4 Å². The molecule has 486 valence electrons. The molecular weight excluding hydrogens is 1250 g/mol. The normalized spacial score (nSPS) is 13.1. The molecule has 20 rings (SSSR count). The Morgan fingerprint density at radius 3 is 1.68 bits per heavy atom. The van der Waals surface area contributed by atoms with Crippen LogP contribution in [0.3, 0.4) is 0 Å². The van der Waals surface area contributed by atoms with Crippen molar-refractivity contribution in [1.29, 1.82) is 0 Å². The maximum absolute atomic E-state index is 7.90. The second-order valence-corrected chi connectivity index (χ2v) is 28.8. The van der Waals surface area contributed by atoms with Crippen molar-refractivity contribution in [2.75, 3.05) is 11.4 Å². The van der Waals surface area contributed by atoms with E-state index in [4.69, 9.17) is 13.8 Å². The minimum Gasteiger partial charge on any atom is -0.456 e. The SMILES string of the molecule is CC(C)(C)c1cccc(C(c2cccc(-c3ccccc3)c2)c2ccc3c4ccc(-c5cccc(-c6ccc(-c7c8ccccc8cc8ccccc78)cc6)c5)c5oc6c(-c7ccccc7-c7ccccn7)ccc(c7cc(N8C=CC(c9cccc%10ccccc9%10)=CC8)cc8oc2c3c87)c6c54)c1. The lowest BCUT2D eigenvalue weighted by Crippen LogP contribution is -2.18. The highest BCUT2D eigenvalue weighted by atomic mass is 16.3. The van der Waals surface area contributed by atoms with Crippen molar-refractivity contribution in [2.45, 2.75) is 32.1 Å². The summed E-state index contributed by atoms with van der Waals surface area (Å²) >= 11 is 0. The van der Waals surface area contributed by atoms with Gasteiger partial charge in [-0.15, -0.1) is 0 Å². The van der Waals surface area contributed by atoms with Crippen molar-refractivity contribution in [3.63, 3.8) is 0 Å². The predicted molar refractivity (Wildman–Crippen MR) is 434 cm³/mol. The number of aromatic nitrogens is 1. The van der Waals surface area contributed by atoms with Crippen molar-refractivity contribution >= 4 is 109 Å². The zero-order valence-electron chi connectivity index (χ0n) is 57.3. The number of pyridine rings is 1. The number of benzene rings is 15. The lowest BCUT2D eigenvalue weighted by atomic mass is 9.79. The van der Waals surface area contributed by atoms with Crippen LogP contribution < -0.4 is 4.90 Å². The quantitative estimate of drug-likeness (QED) is 0.0956. The second kappa shape index (κ2) is 23.9. The number of rotatable bonds is 11. The van der Waals surface area contributed by atoms with Crippen LogP contribution >= 0.6 is 0 Å². The summed E-state index contributed by atoms with van der Waals surface area (Å²) < 4.78 is 15.7. The third-order valence-electron chi connectivity index (χ3n) is 21.8. The van der Waals surface area contributed by atoms with Crippen LogP contribution in [0.4, 0.5) is 5.69 Å². The van der Waals surface area contributed by atoms with E-state index < -0.39 is 0 Å². The maximum atomic E-state index is 7.90. The fraction of sp³-hybridized carbons (Fsp3) is 0.0606. The van der Waals surface area contributed by atoms with Crippen LogP contribution in [0.1, 0.15) is 54.5 Å². The molecule has 4 nitrogen and oxygen atoms in total. The summed E-state index contributed by atoms with van der Waals surface area (Å²) in [6.45, 7) is 7.58. The second-order valence-electron chi connectivity index (χ2n) is 28.8. The minimum absolute atomic E-state index is 0.0934. The molecule has 1 aliphatic rings. The minimum atomic E-state index is -0.213. The number of furan rings is 2. The first-order chi connectivity index (χ1) is 50.7. The smallest absolute Gasteiger partial charge is 0.143 e. The third kappa shape index (κ3) is 9.99. The van der Waals surface area contributed by atoms with E-state index in [1.807, 2.05) is 12.3 Å². The first-order valence-electron chi connectivity index (χ1n) is 35.8. The zero-order valence-corrected chi connectivity index (χ0v) is 57.3. The summed E-state index contributed by atoms with van der Waals surface area (Å²) in [5.74, 6) is -0.213. The number of hydrogen-bond donors (Lipinski definition) is 0. The van der Waals surface area contributed by atoms with Crippen LogP contribution in [0.15, 0.2) is 349 Å². The van der Waals surface area contributed by atoms with Crippen LogP contribution in [0.25, 0.3) is 170 Å². The van der Waals surface area contributed by atoms with E-state index in [0.717, 1.165) is 121 Å². The molecule has 1 unspecified atom stereocenters. The van der Waals surface area contributed by atoms with Crippen LogP contribution in [-0.4, -0.2) is 11.5 Å². The monoisotopic (exact) mass is 1320 g/mol. The average Bonchev–Trinajstić information content (AvgIpc) is 1.54. The summed E-state index contributed by atoms with van der Waals surface area (Å²) in [7, 11) is 0. The summed E-state index contributed by atoms with van der Waals surface area (Å²) in [4.78, 5) is 7.32. The molecule has 0 N–H and O–H groups in total. The van der Waals surface area contributed by atoms with Crippen molar-refractivity contribution in [1.82, 2.24) is 4.98 Å². The van der Waals surface area contributed by atoms with Gasteiger partial charge in [-0.1, -0.05) is 294 Å². The standard InChI is InChI=1S/C99H68N2O2/c1-99(2,3)73-32-19-31-72(58-73)90(71-30-18-28-67(56-71)61-21-5-4-6-22-61)86-49-47-82-83-45-44-79(70-29-17-27-66(55-70)62-40-42-65(43-41-62)91-77-34-11-8-24-68(77)57-69-25-9-12-35-78(69)91)96-94(83)95-84(46-48-85(97(95)103-96)80-36-13-14-37-81(80)88-39-15-16-52-100-88)87-59-74(60-89-92(87)93(82)98(86)102-89)101-53-50-64(51-54-101)76-38-20-26-63-23-7-10-33-75(63)76/h4-53,55-60,90H,54H2,1-3H3. The average molecular weight is 1320 g/mol. The fourth-order valence-corrected chi connectivity index (χ4v) is 16.8. The Morgan fingerprint density at radius 1 is 0.359 bits per heavy atom. The van der Waals surface area contributed by atoms with E-state index in [1.54, 1.807) is 0 Å². The van der Waals surface area contributed by atoms with Crippen LogP contribution in [0.5, 0.6) is 0 Å². The molecule has 4 heterocycles. The molecule has 0 fully saturated rings. The molecule has 3 aromatic heterocycles. The number of allylic oxidation sites excluding steroid dienone is 2. The Balaban J connectivity index is 0.848. The molecule has 0 saturated heterocycles. The largest absolute Gasteiger partial charge is 0.456 e. The van der Waals surface area contributed by atoms with E-state index in [2.05, 4.69) is 353 Å². The molecule has 103 heavy (non-hydrogen) atoms. The molecule has 16 aromatic carbocycles. The van der Waals surface area contributed by atoms with Gasteiger partial charge in [0.05, 0.1) is 5.69 Å². The molecule has 0 spiro atoms. The highest BCUT2D eigenvalue weighted by Gasteiger charge is 2.31. The summed E-state index contributed by atoms with van der Waals surface area (Å²) in [6, 6.07) is 116. The van der Waals surface area contributed by atoms with Gasteiger partial charge in [0.1, 0.15) is 22.3 Å². The van der Waals surface area contributed by atoms with Gasteiger partial charge in [0.25, 0.3) is 0 Å². The van der Waals surface area contributed by atoms with Crippen molar-refractivity contribution < 1.29 is 8.83 Å². The van der Waals surface area contributed by atoms with Gasteiger partial charge in [-0.25, -0.2) is 0 Å². The van der Waals surface area contributed by atoms with E-state index in [0.29, 0.717) is 6.54 Å². The first-order valence-corrected chi connectivity index (χ1v) is 35.8. The van der Waals surface area contributed by atoms with E-state index in [9.17, 15) is 0 Å². The molecular formula is C99H68N2O2. The lowest BCUT2D eigenvalue weighted by molar-refractivity contribution is 0.589. The van der Waals surface area contributed by atoms with E-state index in [1.165, 1.54) is 82.4 Å². The molecule has 4 heteroatoms. The van der Waals surface area contributed by atoms with Gasteiger partial charge >= 0.3 is 0 Å². The molecule has 0 radical (unpaired) electrons. The van der Waals surface area contributed by atoms with E-state index in [-0.39, 0.29) is 11.3 Å². The van der Waals surface area contributed by atoms with Gasteiger partial charge in [-0.3, -0.25) is 4.98 Å². The third-order valence-corrected chi connectivity index (χ3v) is 21.8. The summed E-state index contributed by atoms with van der Waals surface area (Å²) in [6.07, 6.45) is 8.77. The molecule has 0 aliphatic carbocycles. The number of hydrogen-bond acceptors (Lipinski definition) is 4. The van der Waals surface area contributed by atoms with Gasteiger partial charge in [0.2, 0.25) is 0 Å².